The van der Waals surface area contributed by atoms with E-state index in [9.17, 15) is 10.4 Å². The van der Waals surface area contributed by atoms with E-state index in [1.54, 1.807) is 20.8 Å². The average molecular weight is 162 g/mol. The minimum absolute atomic E-state index is 0.0782. The average Bonchev–Trinajstić information content (AvgIpc) is 1.98. The van der Waals surface area contributed by atoms with E-state index >= 15 is 0 Å². The Bertz CT molecular complexity index is 130. The summed E-state index contributed by atoms with van der Waals surface area (Å²) in [6.45, 7) is 5.57. The minimum Gasteiger partial charge on any atom is -0.588 e. The van der Waals surface area contributed by atoms with Gasteiger partial charge in [-0.25, -0.2) is 0 Å². The second kappa shape index (κ2) is 4.96. The fraction of sp³-hybridized carbons (Fsp3) is 0.857. The van der Waals surface area contributed by atoms with Crippen LogP contribution in [-0.2, 0) is 9.31 Å². The Hall–Kier alpha value is -0.770. The number of aliphatic hydroxyl groups is 1. The smallest absolute Gasteiger partial charge is 0.527 e. The molecule has 4 heteroatoms. The Labute approximate surface area is 66.0 Å². The molecule has 0 aliphatic carbocycles. The molecule has 0 aliphatic rings. The summed E-state index contributed by atoms with van der Waals surface area (Å²) in [6.07, 6.45) is -0.938. The quantitative estimate of drug-likeness (QED) is 0.260. The van der Waals surface area contributed by atoms with Crippen LogP contribution < -0.4 is 5.26 Å². The predicted octanol–water partition coefficient (Wildman–Crippen LogP) is -0.623. The molecule has 0 aliphatic heterocycles. The number of hydrogen-bond donors (Lipinski definition) is 1. The maximum atomic E-state index is 9.94. The molecule has 11 heavy (non-hydrogen) atoms. The van der Waals surface area contributed by atoms with Crippen molar-refractivity contribution in [1.82, 2.24) is 0 Å². The Morgan fingerprint density at radius 2 is 2.18 bits per heavy atom. The van der Waals surface area contributed by atoms with Gasteiger partial charge < -0.3 is 15.1 Å². The monoisotopic (exact) mass is 162 g/mol. The normalized spacial score (nSPS) is 15.2. The van der Waals surface area contributed by atoms with Crippen LogP contribution in [0.15, 0.2) is 0 Å². The lowest BCUT2D eigenvalue weighted by Crippen LogP contribution is -2.32. The van der Waals surface area contributed by atoms with Gasteiger partial charge in [0.25, 0.3) is 0 Å². The van der Waals surface area contributed by atoms with Gasteiger partial charge in [-0.2, -0.15) is 0 Å². The Kier molecular flexibility index (Phi) is 4.61. The lowest BCUT2D eigenvalue weighted by molar-refractivity contribution is -1.05. The molecule has 0 aromatic carbocycles. The molecule has 0 amide bonds. The van der Waals surface area contributed by atoms with Gasteiger partial charge in [-0.05, 0) is 12.8 Å². The maximum absolute atomic E-state index is 9.94. The molecule has 0 aromatic heterocycles. The van der Waals surface area contributed by atoms with Gasteiger partial charge >= 0.3 is 5.97 Å². The van der Waals surface area contributed by atoms with Crippen molar-refractivity contribution in [3.8, 4) is 0 Å². The first-order chi connectivity index (χ1) is 5.13. The van der Waals surface area contributed by atoms with E-state index in [-0.39, 0.29) is 11.9 Å². The molecule has 0 aromatic rings. The molecule has 1 unspecified atom stereocenters. The molecule has 0 bridgehead atoms. The standard InChI is InChI=1S/C7H14O4/c1-4-10-7(11-9)6(8)5(2)3/h5-6,8H,4H2,1-3H3. The zero-order chi connectivity index (χ0) is 8.85. The van der Waals surface area contributed by atoms with Crippen molar-refractivity contribution in [2.75, 3.05) is 6.61 Å². The number of aliphatic hydroxyl groups excluding tert-OH is 1. The molecule has 0 heterocycles. The lowest BCUT2D eigenvalue weighted by Gasteiger charge is -2.07. The van der Waals surface area contributed by atoms with E-state index in [0.717, 1.165) is 0 Å². The topological polar surface area (TPSA) is 63.8 Å². The van der Waals surface area contributed by atoms with E-state index in [1.165, 1.54) is 0 Å². The van der Waals surface area contributed by atoms with Gasteiger partial charge in [-0.15, -0.1) is 0 Å². The summed E-state index contributed by atoms with van der Waals surface area (Å²) in [5.74, 6) is -0.326. The Morgan fingerprint density at radius 3 is 2.45 bits per heavy atom. The number of carbonyl (C=O) groups excluding carboxylic acids is 1. The summed E-state index contributed by atoms with van der Waals surface area (Å²) < 4.78 is 8.35. The van der Waals surface area contributed by atoms with Gasteiger partial charge in [0.2, 0.25) is 6.10 Å². The number of esters is 1. The summed E-state index contributed by atoms with van der Waals surface area (Å²) in [4.78, 5) is 0. The highest BCUT2D eigenvalue weighted by molar-refractivity contribution is 5.74. The third-order valence-corrected chi connectivity index (χ3v) is 1.24. The Balaban J connectivity index is 4.04. The van der Waals surface area contributed by atoms with E-state index in [0.29, 0.717) is 6.61 Å². The third-order valence-electron chi connectivity index (χ3n) is 1.24. The highest BCUT2D eigenvalue weighted by Gasteiger charge is 2.28. The fourth-order valence-corrected chi connectivity index (χ4v) is 0.573. The summed E-state index contributed by atoms with van der Waals surface area (Å²) in [5, 5.41) is 19.2. The van der Waals surface area contributed by atoms with Crippen LogP contribution in [0.2, 0.25) is 0 Å². The summed E-state index contributed by atoms with van der Waals surface area (Å²) in [5.41, 5.74) is 0. The second-order valence-corrected chi connectivity index (χ2v) is 2.52. The van der Waals surface area contributed by atoms with Crippen LogP contribution in [0.3, 0.4) is 0 Å². The van der Waals surface area contributed by atoms with Crippen molar-refractivity contribution in [2.45, 2.75) is 26.9 Å². The van der Waals surface area contributed by atoms with Crippen LogP contribution in [0.4, 0.5) is 0 Å². The van der Waals surface area contributed by atoms with Crippen LogP contribution in [0.1, 0.15) is 20.8 Å². The van der Waals surface area contributed by atoms with Crippen LogP contribution >= 0.6 is 0 Å². The summed E-state index contributed by atoms with van der Waals surface area (Å²) >= 11 is 0. The molecule has 0 saturated heterocycles. The van der Waals surface area contributed by atoms with Crippen molar-refractivity contribution in [2.24, 2.45) is 5.92 Å². The Morgan fingerprint density at radius 1 is 1.64 bits per heavy atom. The second-order valence-electron chi connectivity index (χ2n) is 2.52. The highest BCUT2D eigenvalue weighted by Crippen LogP contribution is 2.02. The first-order valence-electron chi connectivity index (χ1n) is 3.61. The molecule has 0 spiro atoms. The van der Waals surface area contributed by atoms with Gasteiger partial charge in [0.05, 0.1) is 0 Å². The number of ether oxygens (including phenoxy) is 1. The molecule has 1 atom stereocenters. The van der Waals surface area contributed by atoms with Crippen molar-refractivity contribution < 1.29 is 19.7 Å². The van der Waals surface area contributed by atoms with E-state index in [1.807, 2.05) is 0 Å². The van der Waals surface area contributed by atoms with Gasteiger partial charge in [-0.1, -0.05) is 13.8 Å². The first-order valence-corrected chi connectivity index (χ1v) is 3.61. The van der Waals surface area contributed by atoms with Gasteiger partial charge in [0.15, 0.2) is 6.61 Å². The van der Waals surface area contributed by atoms with Crippen LogP contribution in [0.5, 0.6) is 0 Å². The van der Waals surface area contributed by atoms with Gasteiger partial charge in [0, 0.05) is 0 Å². The summed E-state index contributed by atoms with van der Waals surface area (Å²) in [6, 6.07) is 0. The SMILES string of the molecule is CCOC(=[O+][O-])C(O)C(C)C. The summed E-state index contributed by atoms with van der Waals surface area (Å²) in [7, 11) is 0. The first kappa shape index (κ1) is 10.2. The van der Waals surface area contributed by atoms with Gasteiger partial charge in [-0.3, -0.25) is 4.58 Å². The lowest BCUT2D eigenvalue weighted by atomic mass is 10.1. The molecule has 0 rings (SSSR count). The van der Waals surface area contributed by atoms with E-state index < -0.39 is 6.10 Å². The largest absolute Gasteiger partial charge is 0.588 e. The molecular weight excluding hydrogens is 148 g/mol. The minimum atomic E-state index is -0.938. The molecule has 66 valence electrons. The zero-order valence-corrected chi connectivity index (χ0v) is 7.03. The van der Waals surface area contributed by atoms with E-state index in [4.69, 9.17) is 4.74 Å². The van der Waals surface area contributed by atoms with Crippen molar-refractivity contribution >= 4 is 5.97 Å². The molecule has 4 nitrogen and oxygen atoms in total. The fourth-order valence-electron chi connectivity index (χ4n) is 0.573. The van der Waals surface area contributed by atoms with Crippen LogP contribution in [0, 0.1) is 5.92 Å². The van der Waals surface area contributed by atoms with Crippen LogP contribution in [0.25, 0.3) is 0 Å². The maximum Gasteiger partial charge on any atom is 0.527 e. The van der Waals surface area contributed by atoms with Crippen molar-refractivity contribution in [1.29, 1.82) is 0 Å². The third kappa shape index (κ3) is 3.23. The van der Waals surface area contributed by atoms with Crippen molar-refractivity contribution in [3.63, 3.8) is 0 Å². The molecule has 0 saturated carbocycles. The predicted molar refractivity (Wildman–Crippen MR) is 37.5 cm³/mol. The number of rotatable bonds is 3. The molecule has 0 fully saturated rings. The highest BCUT2D eigenvalue weighted by atomic mass is 17.1. The molecule has 0 radical (unpaired) electrons. The zero-order valence-electron chi connectivity index (χ0n) is 7.03. The number of hydrogen-bond acceptors (Lipinski definition) is 3. The molecule has 1 N–H and O–H groups in total. The van der Waals surface area contributed by atoms with Crippen LogP contribution in [-0.4, -0.2) is 23.8 Å². The van der Waals surface area contributed by atoms with Gasteiger partial charge in [0.1, 0.15) is 0 Å². The molecular formula is C7H14O4. The van der Waals surface area contributed by atoms with E-state index in [2.05, 4.69) is 4.58 Å². The van der Waals surface area contributed by atoms with Crippen molar-refractivity contribution in [3.05, 3.63) is 0 Å².